The molecule has 96 valence electrons. The fraction of sp³-hybridized carbons (Fsp3) is 0.0667. The van der Waals surface area contributed by atoms with Crippen molar-refractivity contribution >= 4 is 26.9 Å². The van der Waals surface area contributed by atoms with Crippen LogP contribution in [0.25, 0.3) is 11.0 Å². The summed E-state index contributed by atoms with van der Waals surface area (Å²) in [6.45, 7) is 0. The number of hydrogen-bond acceptors (Lipinski definition) is 3. The van der Waals surface area contributed by atoms with Crippen molar-refractivity contribution in [2.24, 2.45) is 5.84 Å². The number of para-hydroxylation sites is 1. The summed E-state index contributed by atoms with van der Waals surface area (Å²) >= 11 is 3.47. The van der Waals surface area contributed by atoms with E-state index in [4.69, 9.17) is 10.3 Å². The number of nitrogens with two attached hydrogens (primary N) is 1. The Bertz CT molecular complexity index is 675. The highest BCUT2D eigenvalue weighted by molar-refractivity contribution is 9.10. The number of hydrazine groups is 1. The molecule has 1 unspecified atom stereocenters. The van der Waals surface area contributed by atoms with E-state index in [2.05, 4.69) is 21.4 Å². The molecule has 2 aromatic carbocycles. The highest BCUT2D eigenvalue weighted by Crippen LogP contribution is 2.28. The van der Waals surface area contributed by atoms with Crippen molar-refractivity contribution in [3.05, 3.63) is 70.4 Å². The first-order valence-corrected chi connectivity index (χ1v) is 6.77. The molecule has 1 atom stereocenters. The van der Waals surface area contributed by atoms with Crippen LogP contribution in [0.1, 0.15) is 17.4 Å². The van der Waals surface area contributed by atoms with Gasteiger partial charge in [0.25, 0.3) is 0 Å². The molecule has 0 aliphatic rings. The minimum atomic E-state index is -0.162. The molecule has 0 saturated heterocycles. The van der Waals surface area contributed by atoms with E-state index in [0.29, 0.717) is 0 Å². The SMILES string of the molecule is NNC(c1cccc(Br)c1)c1cc2ccccc2o1. The Morgan fingerprint density at radius 1 is 1.05 bits per heavy atom. The summed E-state index contributed by atoms with van der Waals surface area (Å²) in [6.07, 6.45) is 0. The van der Waals surface area contributed by atoms with Gasteiger partial charge in [-0.25, -0.2) is 5.43 Å². The Kier molecular flexibility index (Phi) is 3.38. The van der Waals surface area contributed by atoms with Crippen molar-refractivity contribution in [3.8, 4) is 0 Å². The lowest BCUT2D eigenvalue weighted by molar-refractivity contribution is 0.477. The van der Waals surface area contributed by atoms with Gasteiger partial charge in [-0.1, -0.05) is 46.3 Å². The first kappa shape index (κ1) is 12.4. The van der Waals surface area contributed by atoms with Crippen LogP contribution in [0.5, 0.6) is 0 Å². The molecule has 19 heavy (non-hydrogen) atoms. The number of rotatable bonds is 3. The largest absolute Gasteiger partial charge is 0.459 e. The molecular formula is C15H13BrN2O. The first-order valence-electron chi connectivity index (χ1n) is 5.98. The van der Waals surface area contributed by atoms with Crippen molar-refractivity contribution in [1.29, 1.82) is 0 Å². The van der Waals surface area contributed by atoms with Gasteiger partial charge in [-0.3, -0.25) is 5.84 Å². The normalized spacial score (nSPS) is 12.7. The van der Waals surface area contributed by atoms with E-state index < -0.39 is 0 Å². The van der Waals surface area contributed by atoms with Crippen LogP contribution in [-0.4, -0.2) is 0 Å². The van der Waals surface area contributed by atoms with Gasteiger partial charge in [0.15, 0.2) is 0 Å². The number of hydrogen-bond donors (Lipinski definition) is 2. The Morgan fingerprint density at radius 3 is 2.63 bits per heavy atom. The zero-order chi connectivity index (χ0) is 13.2. The van der Waals surface area contributed by atoms with E-state index >= 15 is 0 Å². The fourth-order valence-corrected chi connectivity index (χ4v) is 2.59. The summed E-state index contributed by atoms with van der Waals surface area (Å²) in [4.78, 5) is 0. The van der Waals surface area contributed by atoms with Crippen LogP contribution in [0.4, 0.5) is 0 Å². The van der Waals surface area contributed by atoms with E-state index in [1.165, 1.54) is 0 Å². The third kappa shape index (κ3) is 2.42. The summed E-state index contributed by atoms with van der Waals surface area (Å²) in [7, 11) is 0. The maximum absolute atomic E-state index is 5.86. The zero-order valence-corrected chi connectivity index (χ0v) is 11.7. The lowest BCUT2D eigenvalue weighted by Gasteiger charge is -2.13. The maximum atomic E-state index is 5.86. The molecule has 3 aromatic rings. The maximum Gasteiger partial charge on any atom is 0.134 e. The second kappa shape index (κ2) is 5.17. The number of benzene rings is 2. The van der Waals surface area contributed by atoms with Gasteiger partial charge < -0.3 is 4.42 Å². The minimum Gasteiger partial charge on any atom is -0.459 e. The van der Waals surface area contributed by atoms with Crippen molar-refractivity contribution in [3.63, 3.8) is 0 Å². The second-order valence-electron chi connectivity index (χ2n) is 4.34. The van der Waals surface area contributed by atoms with Gasteiger partial charge in [-0.05, 0) is 29.8 Å². The average Bonchev–Trinajstić information content (AvgIpc) is 2.83. The quantitative estimate of drug-likeness (QED) is 0.571. The molecule has 3 rings (SSSR count). The molecule has 0 radical (unpaired) electrons. The Morgan fingerprint density at radius 2 is 1.89 bits per heavy atom. The topological polar surface area (TPSA) is 51.2 Å². The summed E-state index contributed by atoms with van der Waals surface area (Å²) in [5.74, 6) is 6.49. The van der Waals surface area contributed by atoms with Crippen LogP contribution in [-0.2, 0) is 0 Å². The van der Waals surface area contributed by atoms with Gasteiger partial charge in [-0.15, -0.1) is 0 Å². The fourth-order valence-electron chi connectivity index (χ4n) is 2.17. The van der Waals surface area contributed by atoms with E-state index in [1.807, 2.05) is 54.6 Å². The lowest BCUT2D eigenvalue weighted by atomic mass is 10.1. The molecule has 0 amide bonds. The van der Waals surface area contributed by atoms with Crippen LogP contribution < -0.4 is 11.3 Å². The smallest absolute Gasteiger partial charge is 0.134 e. The Hall–Kier alpha value is -1.62. The lowest BCUT2D eigenvalue weighted by Crippen LogP contribution is -2.28. The van der Waals surface area contributed by atoms with Gasteiger partial charge in [0.2, 0.25) is 0 Å². The number of nitrogens with one attached hydrogen (secondary N) is 1. The predicted molar refractivity (Wildman–Crippen MR) is 79.5 cm³/mol. The van der Waals surface area contributed by atoms with E-state index in [-0.39, 0.29) is 6.04 Å². The number of halogens is 1. The zero-order valence-electron chi connectivity index (χ0n) is 10.1. The van der Waals surface area contributed by atoms with Crippen molar-refractivity contribution in [2.75, 3.05) is 0 Å². The predicted octanol–water partition coefficient (Wildman–Crippen LogP) is 3.75. The van der Waals surface area contributed by atoms with E-state index in [9.17, 15) is 0 Å². The second-order valence-corrected chi connectivity index (χ2v) is 5.26. The third-order valence-electron chi connectivity index (χ3n) is 3.08. The molecule has 0 fully saturated rings. The summed E-state index contributed by atoms with van der Waals surface area (Å²) < 4.78 is 6.87. The van der Waals surface area contributed by atoms with Crippen LogP contribution in [0.2, 0.25) is 0 Å². The summed E-state index contributed by atoms with van der Waals surface area (Å²) in [6, 6.07) is 17.8. The number of furan rings is 1. The summed E-state index contributed by atoms with van der Waals surface area (Å²) in [5, 5.41) is 1.08. The van der Waals surface area contributed by atoms with Gasteiger partial charge in [0.05, 0.1) is 0 Å². The van der Waals surface area contributed by atoms with Gasteiger partial charge in [-0.2, -0.15) is 0 Å². The van der Waals surface area contributed by atoms with Crippen LogP contribution in [0.15, 0.2) is 63.5 Å². The van der Waals surface area contributed by atoms with Crippen molar-refractivity contribution in [1.82, 2.24) is 5.43 Å². The monoisotopic (exact) mass is 316 g/mol. The Labute approximate surface area is 119 Å². The first-order chi connectivity index (χ1) is 9.28. The molecule has 0 spiro atoms. The minimum absolute atomic E-state index is 0.162. The molecule has 3 nitrogen and oxygen atoms in total. The van der Waals surface area contributed by atoms with Gasteiger partial charge in [0, 0.05) is 9.86 Å². The molecular weight excluding hydrogens is 304 g/mol. The van der Waals surface area contributed by atoms with E-state index in [0.717, 1.165) is 26.8 Å². The highest BCUT2D eigenvalue weighted by atomic mass is 79.9. The van der Waals surface area contributed by atoms with Crippen molar-refractivity contribution < 1.29 is 4.42 Å². The molecule has 1 heterocycles. The molecule has 4 heteroatoms. The van der Waals surface area contributed by atoms with Gasteiger partial charge in [0.1, 0.15) is 17.4 Å². The van der Waals surface area contributed by atoms with Crippen LogP contribution >= 0.6 is 15.9 Å². The Balaban J connectivity index is 2.06. The summed E-state index contributed by atoms with van der Waals surface area (Å²) in [5.41, 5.74) is 4.73. The standard InChI is InChI=1S/C15H13BrN2O/c16-12-6-3-5-11(8-12)15(18-17)14-9-10-4-1-2-7-13(10)19-14/h1-9,15,18H,17H2. The molecule has 0 bridgehead atoms. The molecule has 1 aromatic heterocycles. The number of fused-ring (bicyclic) bond motifs is 1. The molecule has 3 N–H and O–H groups in total. The van der Waals surface area contributed by atoms with Gasteiger partial charge >= 0.3 is 0 Å². The van der Waals surface area contributed by atoms with Crippen molar-refractivity contribution in [2.45, 2.75) is 6.04 Å². The van der Waals surface area contributed by atoms with E-state index in [1.54, 1.807) is 0 Å². The third-order valence-corrected chi connectivity index (χ3v) is 3.57. The molecule has 0 aliphatic heterocycles. The van der Waals surface area contributed by atoms with Crippen LogP contribution in [0.3, 0.4) is 0 Å². The average molecular weight is 317 g/mol. The van der Waals surface area contributed by atoms with Crippen LogP contribution in [0, 0.1) is 0 Å². The molecule has 0 saturated carbocycles. The molecule has 0 aliphatic carbocycles. The highest BCUT2D eigenvalue weighted by Gasteiger charge is 2.17.